The predicted octanol–water partition coefficient (Wildman–Crippen LogP) is 4.49. The van der Waals surface area contributed by atoms with Gasteiger partial charge in [-0.15, -0.1) is 0 Å². The van der Waals surface area contributed by atoms with Crippen LogP contribution in [0, 0.1) is 0 Å². The van der Waals surface area contributed by atoms with Gasteiger partial charge in [-0.2, -0.15) is 57.1 Å². The van der Waals surface area contributed by atoms with Crippen molar-refractivity contribution in [3.05, 3.63) is 0 Å². The number of halogens is 13. The van der Waals surface area contributed by atoms with Gasteiger partial charge in [0.15, 0.2) is 6.29 Å². The molecule has 2 unspecified atom stereocenters. The summed E-state index contributed by atoms with van der Waals surface area (Å²) in [6.07, 6.45) is -13.3. The zero-order chi connectivity index (χ0) is 20.3. The van der Waals surface area contributed by atoms with Crippen molar-refractivity contribution in [3.8, 4) is 0 Å². The molecule has 0 aromatic rings. The highest BCUT2D eigenvalue weighted by Gasteiger charge is 2.90. The molecule has 150 valence electrons. The van der Waals surface area contributed by atoms with Crippen LogP contribution < -0.4 is 0 Å². The minimum absolute atomic E-state index is 0.813. The first-order valence-electron chi connectivity index (χ1n) is 5.92. The Morgan fingerprint density at radius 1 is 0.680 bits per heavy atom. The molecule has 1 saturated heterocycles. The Kier molecular flexibility index (Phi) is 5.08. The SMILES string of the molecule is COC1OC1CC(F)(F)C(F)(F)C(F)(F)C(F)(F)C(F)(F)C(F)(F)F. The van der Waals surface area contributed by atoms with E-state index in [2.05, 4.69) is 9.47 Å². The lowest BCUT2D eigenvalue weighted by Crippen LogP contribution is -2.70. The van der Waals surface area contributed by atoms with Crippen LogP contribution in [0.1, 0.15) is 6.42 Å². The van der Waals surface area contributed by atoms with Gasteiger partial charge in [0.1, 0.15) is 6.10 Å². The molecule has 2 atom stereocenters. The fourth-order valence-electron chi connectivity index (χ4n) is 1.66. The molecular formula is C10H7F13O2. The monoisotopic (exact) mass is 406 g/mol. The van der Waals surface area contributed by atoms with E-state index in [1.54, 1.807) is 0 Å². The van der Waals surface area contributed by atoms with Crippen LogP contribution in [-0.2, 0) is 9.47 Å². The smallest absolute Gasteiger partial charge is 0.353 e. The Morgan fingerprint density at radius 2 is 1.08 bits per heavy atom. The lowest BCUT2D eigenvalue weighted by Gasteiger charge is -2.39. The highest BCUT2D eigenvalue weighted by atomic mass is 19.4. The van der Waals surface area contributed by atoms with E-state index in [-0.39, 0.29) is 0 Å². The molecule has 0 spiro atoms. The summed E-state index contributed by atoms with van der Waals surface area (Å²) in [6.45, 7) is 0. The van der Waals surface area contributed by atoms with Gasteiger partial charge in [-0.25, -0.2) is 0 Å². The molecule has 1 heterocycles. The first kappa shape index (κ1) is 22.1. The number of hydrogen-bond donors (Lipinski definition) is 0. The zero-order valence-electron chi connectivity index (χ0n) is 11.6. The Bertz CT molecular complexity index is 498. The number of epoxide rings is 1. The van der Waals surface area contributed by atoms with Gasteiger partial charge < -0.3 is 9.47 Å². The Hall–Kier alpha value is -0.990. The number of hydrogen-bond acceptors (Lipinski definition) is 2. The molecule has 0 saturated carbocycles. The molecule has 1 rings (SSSR count). The van der Waals surface area contributed by atoms with Gasteiger partial charge in [-0.05, 0) is 0 Å². The minimum atomic E-state index is -7.88. The summed E-state index contributed by atoms with van der Waals surface area (Å²) < 4.78 is 174. The van der Waals surface area contributed by atoms with Gasteiger partial charge >= 0.3 is 35.8 Å². The van der Waals surface area contributed by atoms with Crippen molar-refractivity contribution in [2.75, 3.05) is 7.11 Å². The second kappa shape index (κ2) is 5.76. The molecule has 25 heavy (non-hydrogen) atoms. The van der Waals surface area contributed by atoms with Crippen molar-refractivity contribution in [1.29, 1.82) is 0 Å². The third-order valence-corrected chi connectivity index (χ3v) is 3.22. The maximum Gasteiger partial charge on any atom is 0.460 e. The van der Waals surface area contributed by atoms with Crippen molar-refractivity contribution >= 4 is 0 Å². The summed E-state index contributed by atoms with van der Waals surface area (Å²) in [6, 6.07) is 0. The van der Waals surface area contributed by atoms with Crippen LogP contribution in [-0.4, -0.2) is 55.3 Å². The topological polar surface area (TPSA) is 21.8 Å². The Balaban J connectivity index is 3.24. The molecular weight excluding hydrogens is 399 g/mol. The van der Waals surface area contributed by atoms with Crippen molar-refractivity contribution in [1.82, 2.24) is 0 Å². The fraction of sp³-hybridized carbons (Fsp3) is 1.00. The minimum Gasteiger partial charge on any atom is -0.353 e. The van der Waals surface area contributed by atoms with E-state index in [1.807, 2.05) is 0 Å². The van der Waals surface area contributed by atoms with Gasteiger partial charge in [0.05, 0.1) is 0 Å². The normalized spacial score (nSPS) is 23.8. The third-order valence-electron chi connectivity index (χ3n) is 3.22. The fourth-order valence-corrected chi connectivity index (χ4v) is 1.66. The molecule has 2 nitrogen and oxygen atoms in total. The lowest BCUT2D eigenvalue weighted by atomic mass is 9.92. The molecule has 15 heteroatoms. The molecule has 0 N–H and O–H groups in total. The van der Waals surface area contributed by atoms with Gasteiger partial charge in [0.2, 0.25) is 0 Å². The van der Waals surface area contributed by atoms with E-state index in [9.17, 15) is 57.1 Å². The summed E-state index contributed by atoms with van der Waals surface area (Å²) in [7, 11) is 0.813. The maximum atomic E-state index is 13.3. The predicted molar refractivity (Wildman–Crippen MR) is 51.1 cm³/mol. The number of alkyl halides is 13. The van der Waals surface area contributed by atoms with Gasteiger partial charge in [-0.3, -0.25) is 0 Å². The molecule has 0 radical (unpaired) electrons. The first-order chi connectivity index (χ1) is 10.8. The molecule has 0 aromatic carbocycles. The average Bonchev–Trinajstić information content (AvgIpc) is 3.13. The van der Waals surface area contributed by atoms with Crippen LogP contribution >= 0.6 is 0 Å². The van der Waals surface area contributed by atoms with Crippen LogP contribution in [0.3, 0.4) is 0 Å². The number of ether oxygens (including phenoxy) is 2. The molecule has 0 aliphatic carbocycles. The van der Waals surface area contributed by atoms with Gasteiger partial charge in [0, 0.05) is 13.5 Å². The standard InChI is InChI=1S/C10H7F13O2/c1-24-4-3(25-4)2-5(11,12)6(13,14)7(15,16)8(17,18)9(19,20)10(21,22)23/h3-4H,2H2,1H3. The van der Waals surface area contributed by atoms with Crippen LogP contribution in [0.15, 0.2) is 0 Å². The van der Waals surface area contributed by atoms with Crippen molar-refractivity contribution in [2.24, 2.45) is 0 Å². The third kappa shape index (κ3) is 3.13. The van der Waals surface area contributed by atoms with E-state index in [0.717, 1.165) is 7.11 Å². The van der Waals surface area contributed by atoms with Crippen LogP contribution in [0.25, 0.3) is 0 Å². The van der Waals surface area contributed by atoms with Crippen LogP contribution in [0.2, 0.25) is 0 Å². The quantitative estimate of drug-likeness (QED) is 0.459. The largest absolute Gasteiger partial charge is 0.460 e. The Labute approximate surface area is 129 Å². The van der Waals surface area contributed by atoms with E-state index in [4.69, 9.17) is 0 Å². The van der Waals surface area contributed by atoms with Crippen molar-refractivity contribution in [2.45, 2.75) is 54.6 Å². The summed E-state index contributed by atoms with van der Waals surface area (Å²) >= 11 is 0. The van der Waals surface area contributed by atoms with Gasteiger partial charge in [0.25, 0.3) is 0 Å². The second-order valence-electron chi connectivity index (χ2n) is 4.98. The molecule has 1 fully saturated rings. The molecule has 1 aliphatic rings. The highest BCUT2D eigenvalue weighted by Crippen LogP contribution is 2.61. The maximum absolute atomic E-state index is 13.3. The summed E-state index contributed by atoms with van der Waals surface area (Å²) in [5.74, 6) is -36.8. The molecule has 0 amide bonds. The lowest BCUT2D eigenvalue weighted by molar-refractivity contribution is -0.440. The number of rotatable bonds is 7. The highest BCUT2D eigenvalue weighted by molar-refractivity contribution is 5.11. The average molecular weight is 406 g/mol. The zero-order valence-corrected chi connectivity index (χ0v) is 11.6. The van der Waals surface area contributed by atoms with Gasteiger partial charge in [-0.1, -0.05) is 0 Å². The van der Waals surface area contributed by atoms with Crippen molar-refractivity contribution in [3.63, 3.8) is 0 Å². The van der Waals surface area contributed by atoms with E-state index >= 15 is 0 Å². The van der Waals surface area contributed by atoms with Crippen molar-refractivity contribution < 1.29 is 66.5 Å². The van der Waals surface area contributed by atoms with E-state index in [1.165, 1.54) is 0 Å². The molecule has 0 aromatic heterocycles. The summed E-state index contributed by atoms with van der Waals surface area (Å²) in [5.41, 5.74) is 0. The Morgan fingerprint density at radius 3 is 1.40 bits per heavy atom. The summed E-state index contributed by atoms with van der Waals surface area (Å²) in [5, 5.41) is 0. The molecule has 0 bridgehead atoms. The van der Waals surface area contributed by atoms with Crippen LogP contribution in [0.5, 0.6) is 0 Å². The van der Waals surface area contributed by atoms with E-state index in [0.29, 0.717) is 0 Å². The number of methoxy groups -OCH3 is 1. The summed E-state index contributed by atoms with van der Waals surface area (Å²) in [4.78, 5) is 0. The van der Waals surface area contributed by atoms with Crippen LogP contribution in [0.4, 0.5) is 57.1 Å². The first-order valence-corrected chi connectivity index (χ1v) is 5.92. The van der Waals surface area contributed by atoms with E-state index < -0.39 is 54.6 Å². The second-order valence-corrected chi connectivity index (χ2v) is 4.98. The molecule has 1 aliphatic heterocycles.